The second-order valence-electron chi connectivity index (χ2n) is 18.6. The van der Waals surface area contributed by atoms with Crippen molar-refractivity contribution in [3.8, 4) is 0 Å². The molecule has 0 amide bonds. The van der Waals surface area contributed by atoms with Crippen molar-refractivity contribution in [3.63, 3.8) is 0 Å². The summed E-state index contributed by atoms with van der Waals surface area (Å²) in [6.45, 7) is 6.32. The van der Waals surface area contributed by atoms with Gasteiger partial charge in [0.05, 0.1) is 0 Å². The first kappa shape index (κ1) is 66.6. The van der Waals surface area contributed by atoms with E-state index >= 15 is 0 Å². The van der Waals surface area contributed by atoms with Crippen molar-refractivity contribution in [2.24, 2.45) is 0 Å². The Bertz CT molecular complexity index is 1550. The first-order valence-electron chi connectivity index (χ1n) is 28.8. The largest absolute Gasteiger partial charge is 0.462 e. The van der Waals surface area contributed by atoms with Crippen molar-refractivity contribution in [2.75, 3.05) is 13.2 Å². The number of ether oxygens (including phenoxy) is 3. The first-order chi connectivity index (χ1) is 35.0. The van der Waals surface area contributed by atoms with Crippen molar-refractivity contribution >= 4 is 17.9 Å². The number of allylic oxidation sites excluding steroid dienone is 22. The normalized spacial score (nSPS) is 13.1. The summed E-state index contributed by atoms with van der Waals surface area (Å²) in [5, 5.41) is 0. The Labute approximate surface area is 436 Å². The molecule has 0 radical (unpaired) electrons. The Morgan fingerprint density at radius 2 is 0.620 bits per heavy atom. The lowest BCUT2D eigenvalue weighted by Crippen LogP contribution is -2.30. The summed E-state index contributed by atoms with van der Waals surface area (Å²) in [5.41, 5.74) is 0. The van der Waals surface area contributed by atoms with Crippen LogP contribution in [0.15, 0.2) is 134 Å². The molecule has 1 atom stereocenters. The quantitative estimate of drug-likeness (QED) is 0.0199. The predicted octanol–water partition coefficient (Wildman–Crippen LogP) is 19.4. The van der Waals surface area contributed by atoms with E-state index in [0.29, 0.717) is 19.3 Å². The molecule has 0 heterocycles. The number of rotatable bonds is 50. The van der Waals surface area contributed by atoms with Crippen molar-refractivity contribution in [1.29, 1.82) is 0 Å². The molecule has 0 fully saturated rings. The zero-order chi connectivity index (χ0) is 51.4. The maximum atomic E-state index is 12.9. The molecule has 1 unspecified atom stereocenters. The van der Waals surface area contributed by atoms with Gasteiger partial charge in [0.15, 0.2) is 6.10 Å². The minimum absolute atomic E-state index is 0.101. The van der Waals surface area contributed by atoms with E-state index in [9.17, 15) is 14.4 Å². The maximum absolute atomic E-state index is 12.9. The lowest BCUT2D eigenvalue weighted by Gasteiger charge is -2.18. The topological polar surface area (TPSA) is 78.9 Å². The molecule has 0 aliphatic rings. The van der Waals surface area contributed by atoms with Crippen LogP contribution in [0, 0.1) is 0 Å². The lowest BCUT2D eigenvalue weighted by atomic mass is 10.1. The Morgan fingerprint density at radius 1 is 0.310 bits per heavy atom. The minimum atomic E-state index is -0.807. The van der Waals surface area contributed by atoms with Gasteiger partial charge in [-0.15, -0.1) is 0 Å². The van der Waals surface area contributed by atoms with E-state index < -0.39 is 6.10 Å². The molecule has 0 aliphatic heterocycles. The Morgan fingerprint density at radius 3 is 1.06 bits per heavy atom. The van der Waals surface area contributed by atoms with Gasteiger partial charge in [0, 0.05) is 19.3 Å². The number of carbonyl (C=O) groups excluding carboxylic acids is 3. The summed E-state index contributed by atoms with van der Waals surface area (Å²) in [6.07, 6.45) is 81.4. The van der Waals surface area contributed by atoms with E-state index in [4.69, 9.17) is 14.2 Å². The highest BCUT2D eigenvalue weighted by atomic mass is 16.6. The van der Waals surface area contributed by atoms with Gasteiger partial charge in [-0.05, 0) is 96.3 Å². The van der Waals surface area contributed by atoms with Gasteiger partial charge in [-0.1, -0.05) is 257 Å². The lowest BCUT2D eigenvalue weighted by molar-refractivity contribution is -0.167. The van der Waals surface area contributed by atoms with Crippen molar-refractivity contribution in [3.05, 3.63) is 134 Å². The molecule has 0 saturated carbocycles. The van der Waals surface area contributed by atoms with E-state index in [1.165, 1.54) is 103 Å². The van der Waals surface area contributed by atoms with Gasteiger partial charge in [0.1, 0.15) is 13.2 Å². The van der Waals surface area contributed by atoms with E-state index in [2.05, 4.69) is 81.5 Å². The zero-order valence-electron chi connectivity index (χ0n) is 45.7. The van der Waals surface area contributed by atoms with Gasteiger partial charge in [0.25, 0.3) is 0 Å². The fraction of sp³-hybridized carbons (Fsp3) is 0.615. The van der Waals surface area contributed by atoms with Crippen LogP contribution in [0.5, 0.6) is 0 Å². The highest BCUT2D eigenvalue weighted by Gasteiger charge is 2.19. The number of carbonyl (C=O) groups is 3. The fourth-order valence-electron chi connectivity index (χ4n) is 7.55. The van der Waals surface area contributed by atoms with E-state index in [-0.39, 0.29) is 31.1 Å². The number of unbranched alkanes of at least 4 members (excludes halogenated alkanes) is 23. The third-order valence-corrected chi connectivity index (χ3v) is 11.8. The van der Waals surface area contributed by atoms with Crippen LogP contribution in [0.1, 0.15) is 239 Å². The van der Waals surface area contributed by atoms with Crippen LogP contribution in [0.25, 0.3) is 0 Å². The van der Waals surface area contributed by atoms with E-state index in [1.54, 1.807) is 0 Å². The highest BCUT2D eigenvalue weighted by Crippen LogP contribution is 2.15. The van der Waals surface area contributed by atoms with Gasteiger partial charge in [-0.3, -0.25) is 14.4 Å². The second-order valence-corrected chi connectivity index (χ2v) is 18.6. The van der Waals surface area contributed by atoms with Crippen LogP contribution in [0.3, 0.4) is 0 Å². The molecular formula is C65H104O6. The minimum Gasteiger partial charge on any atom is -0.462 e. The summed E-state index contributed by atoms with van der Waals surface area (Å²) in [6, 6.07) is 0. The molecule has 0 aromatic carbocycles. The molecule has 71 heavy (non-hydrogen) atoms. The molecule has 0 spiro atoms. The number of esters is 3. The van der Waals surface area contributed by atoms with Gasteiger partial charge < -0.3 is 14.2 Å². The third-order valence-electron chi connectivity index (χ3n) is 11.8. The molecule has 0 aliphatic carbocycles. The zero-order valence-corrected chi connectivity index (χ0v) is 45.7. The molecule has 0 rings (SSSR count). The summed E-state index contributed by atoms with van der Waals surface area (Å²) < 4.78 is 16.8. The van der Waals surface area contributed by atoms with Crippen LogP contribution >= 0.6 is 0 Å². The molecule has 6 heteroatoms. The molecule has 0 aromatic heterocycles. The molecule has 0 N–H and O–H groups in total. The average Bonchev–Trinajstić information content (AvgIpc) is 3.37. The summed E-state index contributed by atoms with van der Waals surface area (Å²) in [7, 11) is 0. The number of hydrogen-bond acceptors (Lipinski definition) is 6. The first-order valence-corrected chi connectivity index (χ1v) is 28.8. The van der Waals surface area contributed by atoms with Crippen molar-refractivity contribution in [1.82, 2.24) is 0 Å². The standard InChI is InChI=1S/C65H104O6/c1-4-7-10-13-16-19-22-25-28-30-32-34-37-40-43-46-49-52-55-58-64(67)70-61-62(60-69-63(66)57-54-51-48-45-42-39-36-27-24-21-18-15-12-9-6-3)71-65(68)59-56-53-50-47-44-41-38-35-33-31-29-26-23-20-17-14-11-8-5-2/h7-8,10-11,13,16-17,19-22,24-26,28-30,32,34,37,40,43,62H,4-6,9,12,14-15,18,23,27,31,33,35-36,38-39,41-42,44-61H2,1-3H3/b10-7-,11-8-,16-13-,20-17-,22-19-,24-21-,28-25-,29-26-,32-30+,37-34-,43-40-. The fourth-order valence-corrected chi connectivity index (χ4v) is 7.55. The Balaban J connectivity index is 4.52. The van der Waals surface area contributed by atoms with Crippen LogP contribution in [0.2, 0.25) is 0 Å². The van der Waals surface area contributed by atoms with Crippen LogP contribution in [0.4, 0.5) is 0 Å². The number of hydrogen-bond donors (Lipinski definition) is 0. The van der Waals surface area contributed by atoms with Gasteiger partial charge in [-0.25, -0.2) is 0 Å². The second kappa shape index (κ2) is 58.1. The van der Waals surface area contributed by atoms with Crippen LogP contribution in [-0.2, 0) is 28.6 Å². The van der Waals surface area contributed by atoms with Gasteiger partial charge in [-0.2, -0.15) is 0 Å². The van der Waals surface area contributed by atoms with E-state index in [1.807, 2.05) is 72.9 Å². The Hall–Kier alpha value is -4.45. The predicted molar refractivity (Wildman–Crippen MR) is 306 cm³/mol. The Kier molecular flexibility index (Phi) is 54.5. The van der Waals surface area contributed by atoms with Crippen LogP contribution in [-0.4, -0.2) is 37.2 Å². The van der Waals surface area contributed by atoms with Gasteiger partial charge >= 0.3 is 17.9 Å². The maximum Gasteiger partial charge on any atom is 0.306 e. The smallest absolute Gasteiger partial charge is 0.306 e. The van der Waals surface area contributed by atoms with Crippen molar-refractivity contribution < 1.29 is 28.6 Å². The van der Waals surface area contributed by atoms with Crippen LogP contribution < -0.4 is 0 Å². The van der Waals surface area contributed by atoms with Gasteiger partial charge in [0.2, 0.25) is 0 Å². The summed E-state index contributed by atoms with van der Waals surface area (Å²) in [5.74, 6) is -0.960. The van der Waals surface area contributed by atoms with Crippen molar-refractivity contribution in [2.45, 2.75) is 245 Å². The molecular weight excluding hydrogens is 877 g/mol. The summed E-state index contributed by atoms with van der Waals surface area (Å²) >= 11 is 0. The molecule has 0 bridgehead atoms. The monoisotopic (exact) mass is 981 g/mol. The SMILES string of the molecule is CC\C=C/C=C\C=C/C=C\C=C\C=C/C=C\CCCCCC(=O)OCC(COC(=O)CCCCCCCCC/C=C\CCCCCC)OC(=O)CCCCCCCCCCC/C=C\C/C=C\C/C=C\CC. The molecule has 0 aromatic rings. The third kappa shape index (κ3) is 56.3. The molecule has 0 saturated heterocycles. The molecule has 6 nitrogen and oxygen atoms in total. The van der Waals surface area contributed by atoms with E-state index in [0.717, 1.165) is 96.3 Å². The molecule has 400 valence electrons. The average molecular weight is 982 g/mol. The summed E-state index contributed by atoms with van der Waals surface area (Å²) in [4.78, 5) is 38.2. The highest BCUT2D eigenvalue weighted by molar-refractivity contribution is 5.71.